The molecular formula is C8H14N4O2S3. The summed E-state index contributed by atoms with van der Waals surface area (Å²) in [6.07, 6.45) is 3.82. The zero-order chi connectivity index (χ0) is 12.5. The van der Waals surface area contributed by atoms with Gasteiger partial charge in [-0.2, -0.15) is 16.1 Å². The van der Waals surface area contributed by atoms with E-state index in [-0.39, 0.29) is 9.47 Å². The standard InChI is InChI=1S/C8H14N4O2S3/c1-15-6-2-4-12(5-3-6)17(13,14)8-11-10-7(9)16-8/h6H,2-5H2,1H3,(H2,9,10). The molecule has 2 heterocycles. The Morgan fingerprint density at radius 2 is 2.06 bits per heavy atom. The molecule has 1 aromatic rings. The number of nitrogens with zero attached hydrogens (tertiary/aromatic N) is 3. The van der Waals surface area contributed by atoms with Crippen LogP contribution in [0.3, 0.4) is 0 Å². The molecule has 2 rings (SSSR count). The zero-order valence-electron chi connectivity index (χ0n) is 9.37. The predicted octanol–water partition coefficient (Wildman–Crippen LogP) is 0.636. The molecule has 1 fully saturated rings. The molecule has 6 nitrogen and oxygen atoms in total. The highest BCUT2D eigenvalue weighted by molar-refractivity contribution is 7.99. The number of aromatic nitrogens is 2. The van der Waals surface area contributed by atoms with Crippen LogP contribution in [0.1, 0.15) is 12.8 Å². The maximum Gasteiger partial charge on any atom is 0.272 e. The largest absolute Gasteiger partial charge is 0.374 e. The highest BCUT2D eigenvalue weighted by Crippen LogP contribution is 2.27. The Morgan fingerprint density at radius 1 is 1.41 bits per heavy atom. The third-order valence-electron chi connectivity index (χ3n) is 2.72. The summed E-state index contributed by atoms with van der Waals surface area (Å²) in [5.74, 6) is 0. The molecule has 0 bridgehead atoms. The fraction of sp³-hybridized carbons (Fsp3) is 0.750. The van der Waals surface area contributed by atoms with Gasteiger partial charge < -0.3 is 5.73 Å². The third kappa shape index (κ3) is 2.72. The Morgan fingerprint density at radius 3 is 2.53 bits per heavy atom. The van der Waals surface area contributed by atoms with Gasteiger partial charge in [0.15, 0.2) is 0 Å². The fourth-order valence-electron chi connectivity index (χ4n) is 1.74. The minimum Gasteiger partial charge on any atom is -0.374 e. The van der Waals surface area contributed by atoms with Crippen molar-refractivity contribution in [2.45, 2.75) is 22.4 Å². The van der Waals surface area contributed by atoms with E-state index in [4.69, 9.17) is 5.73 Å². The van der Waals surface area contributed by atoms with Crippen molar-refractivity contribution < 1.29 is 8.42 Å². The number of nitrogen functional groups attached to an aromatic ring is 1. The average Bonchev–Trinajstić information content (AvgIpc) is 2.77. The maximum atomic E-state index is 12.2. The van der Waals surface area contributed by atoms with Gasteiger partial charge in [0.05, 0.1) is 0 Å². The molecule has 0 saturated carbocycles. The molecule has 0 amide bonds. The molecule has 9 heteroatoms. The van der Waals surface area contributed by atoms with Gasteiger partial charge in [0, 0.05) is 18.3 Å². The van der Waals surface area contributed by atoms with Gasteiger partial charge in [0.1, 0.15) is 0 Å². The van der Waals surface area contributed by atoms with Crippen molar-refractivity contribution in [1.82, 2.24) is 14.5 Å². The number of piperidine rings is 1. The number of rotatable bonds is 3. The van der Waals surface area contributed by atoms with Gasteiger partial charge >= 0.3 is 0 Å². The van der Waals surface area contributed by atoms with Crippen molar-refractivity contribution in [3.05, 3.63) is 0 Å². The monoisotopic (exact) mass is 294 g/mol. The van der Waals surface area contributed by atoms with Crippen LogP contribution in [0, 0.1) is 0 Å². The Bertz CT molecular complexity index is 479. The highest BCUT2D eigenvalue weighted by atomic mass is 32.2. The van der Waals surface area contributed by atoms with Crippen LogP contribution in [0.4, 0.5) is 5.13 Å². The number of sulfonamides is 1. The van der Waals surface area contributed by atoms with Crippen LogP contribution in [-0.2, 0) is 10.0 Å². The number of thioether (sulfide) groups is 1. The lowest BCUT2D eigenvalue weighted by Gasteiger charge is -2.29. The topological polar surface area (TPSA) is 89.2 Å². The Hall–Kier alpha value is -0.380. The van der Waals surface area contributed by atoms with E-state index < -0.39 is 10.0 Å². The maximum absolute atomic E-state index is 12.2. The average molecular weight is 294 g/mol. The minimum absolute atomic E-state index is 0.00222. The van der Waals surface area contributed by atoms with Gasteiger partial charge in [0.2, 0.25) is 9.47 Å². The lowest BCUT2D eigenvalue weighted by molar-refractivity contribution is 0.352. The van der Waals surface area contributed by atoms with Crippen molar-refractivity contribution in [3.8, 4) is 0 Å². The van der Waals surface area contributed by atoms with E-state index in [0.29, 0.717) is 18.3 Å². The highest BCUT2D eigenvalue weighted by Gasteiger charge is 2.31. The quantitative estimate of drug-likeness (QED) is 0.880. The van der Waals surface area contributed by atoms with Crippen LogP contribution in [0.5, 0.6) is 0 Å². The second kappa shape index (κ2) is 5.09. The Labute approximate surface area is 109 Å². The molecular weight excluding hydrogens is 280 g/mol. The number of hydrogen-bond donors (Lipinski definition) is 1. The molecule has 0 aromatic carbocycles. The van der Waals surface area contributed by atoms with Crippen LogP contribution < -0.4 is 5.73 Å². The smallest absolute Gasteiger partial charge is 0.272 e. The summed E-state index contributed by atoms with van der Waals surface area (Å²) in [5, 5.41) is 7.90. The van der Waals surface area contributed by atoms with E-state index in [1.807, 2.05) is 0 Å². The van der Waals surface area contributed by atoms with E-state index in [1.54, 1.807) is 11.8 Å². The van der Waals surface area contributed by atoms with E-state index in [0.717, 1.165) is 24.2 Å². The summed E-state index contributed by atoms with van der Waals surface area (Å²) in [5.41, 5.74) is 5.41. The lowest BCUT2D eigenvalue weighted by Crippen LogP contribution is -2.39. The fourth-order valence-corrected chi connectivity index (χ4v) is 4.82. The first-order valence-electron chi connectivity index (χ1n) is 5.16. The van der Waals surface area contributed by atoms with Gasteiger partial charge in [-0.05, 0) is 19.1 Å². The molecule has 1 saturated heterocycles. The van der Waals surface area contributed by atoms with Gasteiger partial charge in [-0.3, -0.25) is 0 Å². The van der Waals surface area contributed by atoms with Crippen molar-refractivity contribution in [2.24, 2.45) is 0 Å². The predicted molar refractivity (Wildman–Crippen MR) is 69.6 cm³/mol. The molecule has 0 spiro atoms. The first-order chi connectivity index (χ1) is 8.04. The Kier molecular flexibility index (Phi) is 3.91. The van der Waals surface area contributed by atoms with Crippen LogP contribution in [0.25, 0.3) is 0 Å². The summed E-state index contributed by atoms with van der Waals surface area (Å²) in [6, 6.07) is 0. The third-order valence-corrected chi connectivity index (χ3v) is 6.85. The lowest BCUT2D eigenvalue weighted by atomic mass is 10.2. The molecule has 1 aromatic heterocycles. The number of anilines is 1. The van der Waals surface area contributed by atoms with Crippen LogP contribution in [-0.4, -0.2) is 47.5 Å². The first kappa shape index (κ1) is 13.1. The van der Waals surface area contributed by atoms with Gasteiger partial charge in [0.25, 0.3) is 10.0 Å². The van der Waals surface area contributed by atoms with Crippen LogP contribution >= 0.6 is 23.1 Å². The van der Waals surface area contributed by atoms with E-state index >= 15 is 0 Å². The van der Waals surface area contributed by atoms with Gasteiger partial charge in [-0.15, -0.1) is 10.2 Å². The van der Waals surface area contributed by atoms with Crippen LogP contribution in [0.15, 0.2) is 4.34 Å². The number of nitrogens with two attached hydrogens (primary N) is 1. The summed E-state index contributed by atoms with van der Waals surface area (Å²) in [7, 11) is -3.48. The van der Waals surface area contributed by atoms with E-state index in [9.17, 15) is 8.42 Å². The minimum atomic E-state index is -3.48. The second-order valence-electron chi connectivity index (χ2n) is 3.75. The molecule has 2 N–H and O–H groups in total. The summed E-state index contributed by atoms with van der Waals surface area (Å²) in [4.78, 5) is 0. The van der Waals surface area contributed by atoms with Gasteiger partial charge in [-0.25, -0.2) is 8.42 Å². The molecule has 0 unspecified atom stereocenters. The summed E-state index contributed by atoms with van der Waals surface area (Å²) < 4.78 is 25.8. The first-order valence-corrected chi connectivity index (χ1v) is 8.70. The summed E-state index contributed by atoms with van der Waals surface area (Å²) in [6.45, 7) is 1.10. The Balaban J connectivity index is 2.12. The molecule has 1 aliphatic heterocycles. The van der Waals surface area contributed by atoms with Crippen molar-refractivity contribution in [1.29, 1.82) is 0 Å². The second-order valence-corrected chi connectivity index (χ2v) is 8.00. The molecule has 0 aliphatic carbocycles. The molecule has 0 atom stereocenters. The van der Waals surface area contributed by atoms with Gasteiger partial charge in [-0.1, -0.05) is 11.3 Å². The van der Waals surface area contributed by atoms with E-state index in [2.05, 4.69) is 16.5 Å². The zero-order valence-corrected chi connectivity index (χ0v) is 11.8. The molecule has 17 heavy (non-hydrogen) atoms. The summed E-state index contributed by atoms with van der Waals surface area (Å²) >= 11 is 2.71. The van der Waals surface area contributed by atoms with Crippen molar-refractivity contribution in [3.63, 3.8) is 0 Å². The number of hydrogen-bond acceptors (Lipinski definition) is 7. The SMILES string of the molecule is CSC1CCN(S(=O)(=O)c2nnc(N)s2)CC1. The van der Waals surface area contributed by atoms with Crippen molar-refractivity contribution >= 4 is 38.3 Å². The van der Waals surface area contributed by atoms with E-state index in [1.165, 1.54) is 4.31 Å². The molecule has 1 aliphatic rings. The normalized spacial score (nSPS) is 19.6. The van der Waals surface area contributed by atoms with Crippen molar-refractivity contribution in [2.75, 3.05) is 25.1 Å². The van der Waals surface area contributed by atoms with Crippen LogP contribution in [0.2, 0.25) is 0 Å². The molecule has 96 valence electrons. The molecule has 0 radical (unpaired) electrons.